The second kappa shape index (κ2) is 6.40. The Bertz CT molecular complexity index is 922. The lowest BCUT2D eigenvalue weighted by Gasteiger charge is -2.34. The molecule has 2 saturated heterocycles. The quantitative estimate of drug-likeness (QED) is 0.249. The highest BCUT2D eigenvalue weighted by atomic mass is 16.6. The van der Waals surface area contributed by atoms with Gasteiger partial charge in [0, 0.05) is 32.2 Å². The molecule has 5 rings (SSSR count). The zero-order chi connectivity index (χ0) is 20.3. The van der Waals surface area contributed by atoms with Gasteiger partial charge in [0.2, 0.25) is 18.2 Å². The molecule has 29 heavy (non-hydrogen) atoms. The van der Waals surface area contributed by atoms with Gasteiger partial charge in [-0.3, -0.25) is 24.5 Å². The lowest BCUT2D eigenvalue weighted by molar-refractivity contribution is -0.384. The Morgan fingerprint density at radius 1 is 1.00 bits per heavy atom. The number of hydrogen-bond donors (Lipinski definition) is 0. The molecule has 0 radical (unpaired) electrons. The van der Waals surface area contributed by atoms with Crippen LogP contribution >= 0.6 is 0 Å². The van der Waals surface area contributed by atoms with Gasteiger partial charge in [-0.05, 0) is 30.4 Å². The summed E-state index contributed by atoms with van der Waals surface area (Å²) in [5.41, 5.74) is 0.557. The molecular weight excluding hydrogens is 376 g/mol. The number of allylic oxidation sites excluding steroid dienone is 2. The van der Waals surface area contributed by atoms with Crippen molar-refractivity contribution in [3.63, 3.8) is 0 Å². The van der Waals surface area contributed by atoms with Crippen molar-refractivity contribution >= 4 is 35.3 Å². The molecule has 1 saturated carbocycles. The Morgan fingerprint density at radius 3 is 2.17 bits per heavy atom. The first-order chi connectivity index (χ1) is 14.0. The van der Waals surface area contributed by atoms with Crippen LogP contribution < -0.4 is 9.80 Å². The van der Waals surface area contributed by atoms with E-state index in [0.29, 0.717) is 31.9 Å². The van der Waals surface area contributed by atoms with E-state index in [-0.39, 0.29) is 46.9 Å². The van der Waals surface area contributed by atoms with Crippen LogP contribution in [0.25, 0.3) is 0 Å². The van der Waals surface area contributed by atoms with E-state index in [9.17, 15) is 24.5 Å². The van der Waals surface area contributed by atoms with Crippen molar-refractivity contribution < 1.29 is 19.3 Å². The van der Waals surface area contributed by atoms with Crippen molar-refractivity contribution in [3.05, 3.63) is 40.5 Å². The van der Waals surface area contributed by atoms with Gasteiger partial charge in [0.25, 0.3) is 5.69 Å². The van der Waals surface area contributed by atoms with Crippen LogP contribution in [0.15, 0.2) is 30.4 Å². The van der Waals surface area contributed by atoms with Crippen LogP contribution in [0.1, 0.15) is 6.42 Å². The van der Waals surface area contributed by atoms with Gasteiger partial charge in [-0.1, -0.05) is 12.2 Å². The topological polar surface area (TPSA) is 104 Å². The number of nitrogens with zero attached hydrogens (tertiary/aromatic N) is 4. The maximum absolute atomic E-state index is 13.0. The van der Waals surface area contributed by atoms with Crippen LogP contribution in [0.2, 0.25) is 0 Å². The summed E-state index contributed by atoms with van der Waals surface area (Å²) in [7, 11) is 0. The van der Waals surface area contributed by atoms with Crippen LogP contribution in [0.4, 0.5) is 17.1 Å². The van der Waals surface area contributed by atoms with E-state index in [1.165, 1.54) is 6.07 Å². The number of fused-ring (bicyclic) bond motifs is 5. The Morgan fingerprint density at radius 2 is 1.62 bits per heavy atom. The maximum atomic E-state index is 13.0. The monoisotopic (exact) mass is 396 g/mol. The van der Waals surface area contributed by atoms with Crippen LogP contribution in [0.5, 0.6) is 0 Å². The van der Waals surface area contributed by atoms with E-state index in [1.54, 1.807) is 17.0 Å². The smallest absolute Gasteiger partial charge is 0.294 e. The average molecular weight is 396 g/mol. The molecule has 1 aromatic rings. The first-order valence-electron chi connectivity index (χ1n) is 9.78. The van der Waals surface area contributed by atoms with E-state index in [4.69, 9.17) is 0 Å². The fraction of sp³-hybridized carbons (Fsp3) is 0.450. The van der Waals surface area contributed by atoms with Crippen molar-refractivity contribution in [1.82, 2.24) is 4.90 Å². The number of imide groups is 1. The number of carbonyl (C=O) groups excluding carboxylic acids is 3. The summed E-state index contributed by atoms with van der Waals surface area (Å²) in [5.74, 6) is -0.998. The van der Waals surface area contributed by atoms with E-state index >= 15 is 0 Å². The molecule has 150 valence electrons. The van der Waals surface area contributed by atoms with Gasteiger partial charge in [-0.25, -0.2) is 4.90 Å². The molecule has 4 atom stereocenters. The molecule has 2 aliphatic carbocycles. The third-order valence-electron chi connectivity index (χ3n) is 6.69. The van der Waals surface area contributed by atoms with E-state index in [2.05, 4.69) is 0 Å². The van der Waals surface area contributed by atoms with Gasteiger partial charge in [0.15, 0.2) is 0 Å². The number of benzene rings is 1. The van der Waals surface area contributed by atoms with Crippen LogP contribution in [0, 0.1) is 33.8 Å². The summed E-state index contributed by atoms with van der Waals surface area (Å²) in [5, 5.41) is 11.7. The van der Waals surface area contributed by atoms with Gasteiger partial charge in [0.05, 0.1) is 22.4 Å². The molecule has 2 bridgehead atoms. The lowest BCUT2D eigenvalue weighted by Crippen LogP contribution is -2.45. The molecule has 2 heterocycles. The molecule has 9 nitrogen and oxygen atoms in total. The average Bonchev–Trinajstić information content (AvgIpc) is 3.41. The maximum Gasteiger partial charge on any atom is 0.294 e. The third kappa shape index (κ3) is 2.56. The number of piperazine rings is 1. The van der Waals surface area contributed by atoms with Gasteiger partial charge < -0.3 is 9.80 Å². The molecule has 3 amide bonds. The van der Waals surface area contributed by atoms with Gasteiger partial charge in [0.1, 0.15) is 5.69 Å². The van der Waals surface area contributed by atoms with Gasteiger partial charge in [-0.15, -0.1) is 0 Å². The highest BCUT2D eigenvalue weighted by molar-refractivity contribution is 6.23. The highest BCUT2D eigenvalue weighted by Gasteiger charge is 2.59. The number of nitro benzene ring substituents is 1. The first kappa shape index (κ1) is 17.8. The second-order valence-electron chi connectivity index (χ2n) is 8.07. The van der Waals surface area contributed by atoms with Gasteiger partial charge >= 0.3 is 0 Å². The lowest BCUT2D eigenvalue weighted by atomic mass is 9.85. The normalized spacial score (nSPS) is 30.3. The largest absolute Gasteiger partial charge is 0.362 e. The minimum absolute atomic E-state index is 0.0924. The predicted octanol–water partition coefficient (Wildman–Crippen LogP) is 1.18. The number of nitro groups is 1. The van der Waals surface area contributed by atoms with E-state index < -0.39 is 4.92 Å². The Hall–Kier alpha value is -3.23. The molecule has 2 aliphatic heterocycles. The summed E-state index contributed by atoms with van der Waals surface area (Å²) in [4.78, 5) is 52.7. The molecule has 4 aliphatic rings. The minimum atomic E-state index is -0.484. The third-order valence-corrected chi connectivity index (χ3v) is 6.69. The molecule has 0 N–H and O–H groups in total. The summed E-state index contributed by atoms with van der Waals surface area (Å²) in [6, 6.07) is 4.54. The van der Waals surface area contributed by atoms with Crippen molar-refractivity contribution in [2.45, 2.75) is 6.42 Å². The standard InChI is InChI=1S/C20H20N4O5/c25-11-21-5-7-22(8-6-21)15-4-3-14(10-16(15)24(28)29)23-19(26)17-12-1-2-13(9-12)18(17)20(23)27/h1-4,10-13,17-18H,5-9H2/t12-,13-,17-,18-/m0/s1. The SMILES string of the molecule is O=CN1CCN(c2ccc(N3C(=O)[C@@H]4[C@@H](C3=O)[C@H]3C=C[C@H]4C3)cc2[N+](=O)[O-])CC1. The second-order valence-corrected chi connectivity index (χ2v) is 8.07. The molecule has 3 fully saturated rings. The highest BCUT2D eigenvalue weighted by Crippen LogP contribution is 2.53. The Balaban J connectivity index is 1.46. The predicted molar refractivity (Wildman–Crippen MR) is 103 cm³/mol. The number of hydrogen-bond acceptors (Lipinski definition) is 6. The number of rotatable bonds is 4. The number of carbonyl (C=O) groups is 3. The fourth-order valence-electron chi connectivity index (χ4n) is 5.29. The summed E-state index contributed by atoms with van der Waals surface area (Å²) in [6.45, 7) is 1.95. The summed E-state index contributed by atoms with van der Waals surface area (Å²) < 4.78 is 0. The Kier molecular flexibility index (Phi) is 3.94. The van der Waals surface area contributed by atoms with Crippen LogP contribution in [-0.2, 0) is 14.4 Å². The zero-order valence-electron chi connectivity index (χ0n) is 15.6. The molecular formula is C20H20N4O5. The number of amides is 3. The molecule has 0 spiro atoms. The molecule has 0 aromatic heterocycles. The molecule has 1 aromatic carbocycles. The Labute approximate surface area is 166 Å². The molecule has 0 unspecified atom stereocenters. The van der Waals surface area contributed by atoms with Crippen molar-refractivity contribution in [2.75, 3.05) is 36.0 Å². The van der Waals surface area contributed by atoms with E-state index in [1.807, 2.05) is 17.1 Å². The zero-order valence-corrected chi connectivity index (χ0v) is 15.6. The van der Waals surface area contributed by atoms with Crippen LogP contribution in [0.3, 0.4) is 0 Å². The van der Waals surface area contributed by atoms with Crippen molar-refractivity contribution in [1.29, 1.82) is 0 Å². The molecule has 9 heteroatoms. The summed E-state index contributed by atoms with van der Waals surface area (Å²) in [6.07, 6.45) is 5.65. The fourth-order valence-corrected chi connectivity index (χ4v) is 5.29. The van der Waals surface area contributed by atoms with E-state index in [0.717, 1.165) is 17.7 Å². The van der Waals surface area contributed by atoms with Crippen molar-refractivity contribution in [3.8, 4) is 0 Å². The minimum Gasteiger partial charge on any atom is -0.362 e. The van der Waals surface area contributed by atoms with Gasteiger partial charge in [-0.2, -0.15) is 0 Å². The number of anilines is 2. The van der Waals surface area contributed by atoms with Crippen molar-refractivity contribution in [2.24, 2.45) is 23.7 Å². The first-order valence-corrected chi connectivity index (χ1v) is 9.78. The van der Waals surface area contributed by atoms with Crippen LogP contribution in [-0.4, -0.2) is 54.2 Å². The summed E-state index contributed by atoms with van der Waals surface area (Å²) >= 11 is 0.